The SMILES string of the molecule is C1=Cc2nc1c(-c1ccccc1)c1ccc([n-]1)c(-c1ccccc1)c1nc(c(-c3ccc(-c4c5nc(c(-c6ccccc6)c6ccc([n-]6)c(-c6ccccc6)c6nc(c(-c7ccccc7)c7ccc4[n-]7)C=C6)C=C5)cc3)c3ccc([n-]3)c2-c2ccccc2)C=C1.[Ni+2].[Ni+2]. The Kier molecular flexibility index (Phi) is 15.1. The third-order valence-corrected chi connectivity index (χ3v) is 17.1. The quantitative estimate of drug-likeness (QED) is 0.138. The fourth-order valence-corrected chi connectivity index (χ4v) is 13.0. The maximum Gasteiger partial charge on any atom is 2.00 e. The molecule has 4 aliphatic rings. The van der Waals surface area contributed by atoms with Crippen LogP contribution in [0, 0.1) is 0 Å². The number of fused-ring (bicyclic) bond motifs is 16. The van der Waals surface area contributed by atoms with Crippen LogP contribution >= 0.6 is 0 Å². The molecule has 16 bridgehead atoms. The molecule has 10 heterocycles. The van der Waals surface area contributed by atoms with Crippen LogP contribution in [0.25, 0.3) is 182 Å². The topological polar surface area (TPSA) is 108 Å². The summed E-state index contributed by atoms with van der Waals surface area (Å²) in [5, 5.41) is 0. The Hall–Kier alpha value is -11.3. The first-order valence-electron chi connectivity index (χ1n) is 30.1. The van der Waals surface area contributed by atoms with E-state index < -0.39 is 0 Å². The number of nitrogens with zero attached hydrogens (tertiary/aromatic N) is 8. The second-order valence-corrected chi connectivity index (χ2v) is 22.5. The van der Waals surface area contributed by atoms with E-state index in [1.807, 2.05) is 36.4 Å². The molecule has 17 rings (SSSR count). The van der Waals surface area contributed by atoms with Gasteiger partial charge >= 0.3 is 33.0 Å². The van der Waals surface area contributed by atoms with E-state index >= 15 is 0 Å². The van der Waals surface area contributed by atoms with Crippen LogP contribution in [0.5, 0.6) is 0 Å². The zero-order valence-electron chi connectivity index (χ0n) is 49.1. The van der Waals surface area contributed by atoms with E-state index in [9.17, 15) is 0 Å². The van der Waals surface area contributed by atoms with Crippen LogP contribution < -0.4 is 19.9 Å². The number of benzene rings is 7. The molecule has 0 saturated heterocycles. The molecule has 0 aliphatic carbocycles. The van der Waals surface area contributed by atoms with Crippen molar-refractivity contribution in [2.24, 2.45) is 0 Å². The fourth-order valence-electron chi connectivity index (χ4n) is 13.0. The molecule has 13 aromatic rings. The summed E-state index contributed by atoms with van der Waals surface area (Å²) in [4.78, 5) is 44.2. The maximum absolute atomic E-state index is 5.58. The van der Waals surface area contributed by atoms with Gasteiger partial charge in [-0.25, -0.2) is 19.9 Å². The molecule has 92 heavy (non-hydrogen) atoms. The summed E-state index contributed by atoms with van der Waals surface area (Å²) in [5.74, 6) is 0. The molecule has 8 nitrogen and oxygen atoms in total. The van der Waals surface area contributed by atoms with Gasteiger partial charge in [0.05, 0.1) is 45.6 Å². The first kappa shape index (κ1) is 57.2. The first-order chi connectivity index (χ1) is 44.6. The minimum absolute atomic E-state index is 0. The van der Waals surface area contributed by atoms with Crippen molar-refractivity contribution in [1.82, 2.24) is 39.9 Å². The van der Waals surface area contributed by atoms with E-state index in [0.29, 0.717) is 0 Å². The van der Waals surface area contributed by atoms with Crippen LogP contribution in [-0.4, -0.2) is 19.9 Å². The van der Waals surface area contributed by atoms with Gasteiger partial charge in [-0.15, -0.1) is 44.1 Å². The predicted molar refractivity (Wildman–Crippen MR) is 371 cm³/mol. The van der Waals surface area contributed by atoms with E-state index in [1.54, 1.807) is 0 Å². The Morgan fingerprint density at radius 2 is 0.283 bits per heavy atom. The third kappa shape index (κ3) is 10.3. The second-order valence-electron chi connectivity index (χ2n) is 22.5. The second kappa shape index (κ2) is 24.3. The van der Waals surface area contributed by atoms with Crippen molar-refractivity contribution in [2.75, 3.05) is 0 Å². The summed E-state index contributed by atoms with van der Waals surface area (Å²) in [6.45, 7) is 0. The molecular formula is C82H50N8Ni2. The third-order valence-electron chi connectivity index (χ3n) is 17.1. The molecule has 4 aliphatic heterocycles. The van der Waals surface area contributed by atoms with E-state index in [0.717, 1.165) is 179 Å². The summed E-state index contributed by atoms with van der Waals surface area (Å²) in [7, 11) is 0. The Morgan fingerprint density at radius 3 is 0.424 bits per heavy atom. The average molecular weight is 1260 g/mol. The molecule has 0 spiro atoms. The van der Waals surface area contributed by atoms with Crippen LogP contribution in [0.2, 0.25) is 0 Å². The van der Waals surface area contributed by atoms with Crippen molar-refractivity contribution < 1.29 is 33.0 Å². The minimum Gasteiger partial charge on any atom is -0.657 e. The van der Waals surface area contributed by atoms with Gasteiger partial charge in [-0.2, -0.15) is 0 Å². The number of hydrogen-bond acceptors (Lipinski definition) is 4. The number of hydrogen-bond donors (Lipinski definition) is 0. The van der Waals surface area contributed by atoms with Crippen LogP contribution in [0.4, 0.5) is 0 Å². The van der Waals surface area contributed by atoms with Gasteiger partial charge < -0.3 is 19.9 Å². The van der Waals surface area contributed by atoms with E-state index in [1.165, 1.54) is 0 Å². The molecule has 0 radical (unpaired) electrons. The molecule has 0 fully saturated rings. The monoisotopic (exact) mass is 1260 g/mol. The van der Waals surface area contributed by atoms with Crippen molar-refractivity contribution in [2.45, 2.75) is 0 Å². The average Bonchev–Trinajstić information content (AvgIpc) is 1.72. The zero-order valence-corrected chi connectivity index (χ0v) is 51.1. The van der Waals surface area contributed by atoms with Gasteiger partial charge in [0.2, 0.25) is 0 Å². The van der Waals surface area contributed by atoms with Gasteiger partial charge in [0.1, 0.15) is 0 Å². The molecule has 0 amide bonds. The van der Waals surface area contributed by atoms with E-state index in [2.05, 4.69) is 267 Å². The van der Waals surface area contributed by atoms with E-state index in [4.69, 9.17) is 39.9 Å². The molecule has 7 aromatic carbocycles. The molecule has 438 valence electrons. The zero-order chi connectivity index (χ0) is 59.5. The molecule has 0 saturated carbocycles. The smallest absolute Gasteiger partial charge is 0.657 e. The molecule has 10 heteroatoms. The van der Waals surface area contributed by atoms with Gasteiger partial charge in [-0.3, -0.25) is 0 Å². The van der Waals surface area contributed by atoms with Crippen molar-refractivity contribution in [3.05, 3.63) is 300 Å². The van der Waals surface area contributed by atoms with Crippen molar-refractivity contribution in [3.63, 3.8) is 0 Å². The van der Waals surface area contributed by atoms with Gasteiger partial charge in [-0.1, -0.05) is 255 Å². The van der Waals surface area contributed by atoms with Crippen LogP contribution in [0.1, 0.15) is 45.6 Å². The largest absolute Gasteiger partial charge is 2.00 e. The number of rotatable bonds is 8. The molecular weight excluding hydrogens is 1210 g/mol. The molecule has 0 unspecified atom stereocenters. The van der Waals surface area contributed by atoms with Crippen LogP contribution in [0.15, 0.2) is 255 Å². The van der Waals surface area contributed by atoms with Gasteiger partial charge in [0.25, 0.3) is 0 Å². The molecule has 0 atom stereocenters. The Bertz CT molecular complexity index is 5070. The molecule has 0 N–H and O–H groups in total. The van der Waals surface area contributed by atoms with Crippen LogP contribution in [-0.2, 0) is 33.0 Å². The summed E-state index contributed by atoms with van der Waals surface area (Å²) >= 11 is 0. The van der Waals surface area contributed by atoms with Gasteiger partial charge in [0, 0.05) is 0 Å². The Labute approximate surface area is 551 Å². The number of aromatic nitrogens is 8. The summed E-state index contributed by atoms with van der Waals surface area (Å²) in [5.41, 5.74) is 28.1. The van der Waals surface area contributed by atoms with Crippen molar-refractivity contribution in [1.29, 1.82) is 0 Å². The van der Waals surface area contributed by atoms with E-state index in [-0.39, 0.29) is 33.0 Å². The summed E-state index contributed by atoms with van der Waals surface area (Å²) in [6.07, 6.45) is 16.9. The van der Waals surface area contributed by atoms with Gasteiger partial charge in [0.15, 0.2) is 0 Å². The Morgan fingerprint density at radius 1 is 0.152 bits per heavy atom. The summed E-state index contributed by atoms with van der Waals surface area (Å²) in [6, 6.07) is 88.1. The van der Waals surface area contributed by atoms with Crippen molar-refractivity contribution >= 4 is 92.7 Å². The Balaban J connectivity index is 0.00000351. The fraction of sp³-hybridized carbons (Fsp3) is 0. The maximum atomic E-state index is 5.58. The summed E-state index contributed by atoms with van der Waals surface area (Å²) < 4.78 is 0. The minimum atomic E-state index is 0. The van der Waals surface area contributed by atoms with Crippen LogP contribution in [0.3, 0.4) is 0 Å². The predicted octanol–water partition coefficient (Wildman–Crippen LogP) is 19.5. The molecule has 6 aromatic heterocycles. The first-order valence-corrected chi connectivity index (χ1v) is 30.1. The normalized spacial score (nSPS) is 12.0. The standard InChI is InChI=1S/C82H50N8.2Ni/c1-7-19-51(20-8-1)75-59-35-39-63(83-59)77(53-23-11-3-12-24-53)67-43-47-71(87-67)81(72-48-44-68(88-72)78(54-25-13-4-14-26-54)64-40-36-60(75)84-64)57-31-33-58(34-32-57)82-73-49-45-69(89-73)79(55-27-15-5-16-28-55)65-41-37-61(85-65)76(52-21-9-2-10-22-52)62-38-42-66(86-62)80(56-29-17-6-18-30-56)70-46-50-74(82)90-70;;/h1-50H;;/q-4;2*+2. The van der Waals surface area contributed by atoms with Crippen molar-refractivity contribution in [3.8, 4) is 89.0 Å². The van der Waals surface area contributed by atoms with Gasteiger partial charge in [-0.05, 0) is 138 Å².